The highest BCUT2D eigenvalue weighted by Gasteiger charge is 2.37. The molecule has 0 radical (unpaired) electrons. The number of carbonyl (C=O) groups is 2. The maximum atomic E-state index is 12.8. The Kier molecular flexibility index (Phi) is 4.19. The van der Waals surface area contributed by atoms with E-state index >= 15 is 0 Å². The summed E-state index contributed by atoms with van der Waals surface area (Å²) in [5.74, 6) is -2.12. The van der Waals surface area contributed by atoms with Gasteiger partial charge in [0.1, 0.15) is 0 Å². The monoisotopic (exact) mass is 363 g/mol. The summed E-state index contributed by atoms with van der Waals surface area (Å²) >= 11 is 0. The molecule has 134 valence electrons. The van der Waals surface area contributed by atoms with E-state index in [0.717, 1.165) is 18.2 Å². The predicted molar refractivity (Wildman–Crippen MR) is 86.3 cm³/mol. The van der Waals surface area contributed by atoms with Crippen molar-refractivity contribution in [1.29, 1.82) is 0 Å². The second-order valence-electron chi connectivity index (χ2n) is 5.68. The molecule has 2 N–H and O–H groups in total. The lowest BCUT2D eigenvalue weighted by atomic mass is 10.1. The molecule has 1 fully saturated rings. The van der Waals surface area contributed by atoms with E-state index in [2.05, 4.69) is 0 Å². The fourth-order valence-electron chi connectivity index (χ4n) is 2.60. The number of hydrogen-bond donors (Lipinski definition) is 2. The van der Waals surface area contributed by atoms with Gasteiger partial charge in [0, 0.05) is 5.57 Å². The van der Waals surface area contributed by atoms with E-state index in [4.69, 9.17) is 0 Å². The van der Waals surface area contributed by atoms with Gasteiger partial charge in [-0.05, 0) is 42.0 Å². The van der Waals surface area contributed by atoms with Crippen LogP contribution in [0.25, 0.3) is 6.08 Å². The highest BCUT2D eigenvalue weighted by Crippen LogP contribution is 2.34. The molecule has 0 aromatic heterocycles. The molecule has 2 amide bonds. The molecule has 0 unspecified atom stereocenters. The number of imide groups is 1. The lowest BCUT2D eigenvalue weighted by Gasteiger charge is -2.15. The Labute approximate surface area is 145 Å². The minimum atomic E-state index is -4.59. The van der Waals surface area contributed by atoms with Crippen LogP contribution >= 0.6 is 0 Å². The van der Waals surface area contributed by atoms with Crippen LogP contribution in [0.1, 0.15) is 17.5 Å². The first-order chi connectivity index (χ1) is 12.2. The Morgan fingerprint density at radius 3 is 2.38 bits per heavy atom. The molecule has 0 bridgehead atoms. The quantitative estimate of drug-likeness (QED) is 0.487. The van der Waals surface area contributed by atoms with Gasteiger partial charge in [-0.3, -0.25) is 9.59 Å². The molecule has 0 aliphatic carbocycles. The van der Waals surface area contributed by atoms with Crippen molar-refractivity contribution < 1.29 is 33.0 Å². The van der Waals surface area contributed by atoms with Crippen molar-refractivity contribution >= 4 is 23.6 Å². The van der Waals surface area contributed by atoms with Crippen molar-refractivity contribution in [2.75, 3.05) is 4.90 Å². The van der Waals surface area contributed by atoms with E-state index in [1.165, 1.54) is 30.3 Å². The van der Waals surface area contributed by atoms with Crippen molar-refractivity contribution in [1.82, 2.24) is 0 Å². The number of anilines is 1. The Morgan fingerprint density at radius 1 is 1.00 bits per heavy atom. The Balaban J connectivity index is 1.94. The second kappa shape index (κ2) is 6.21. The zero-order valence-corrected chi connectivity index (χ0v) is 13.1. The zero-order chi connectivity index (χ0) is 19.1. The van der Waals surface area contributed by atoms with Crippen LogP contribution in [0.5, 0.6) is 11.5 Å². The molecule has 0 spiro atoms. The molecule has 3 rings (SSSR count). The highest BCUT2D eigenvalue weighted by molar-refractivity contribution is 6.29. The topological polar surface area (TPSA) is 77.8 Å². The smallest absolute Gasteiger partial charge is 0.416 e. The molecule has 2 aromatic rings. The zero-order valence-electron chi connectivity index (χ0n) is 13.1. The first-order valence-electron chi connectivity index (χ1n) is 7.44. The molecule has 1 saturated heterocycles. The molecule has 8 heteroatoms. The molecule has 0 atom stereocenters. The van der Waals surface area contributed by atoms with Crippen LogP contribution in [0.3, 0.4) is 0 Å². The summed E-state index contributed by atoms with van der Waals surface area (Å²) in [6.45, 7) is 0. The largest absolute Gasteiger partial charge is 0.504 e. The number of nitrogens with zero attached hydrogens (tertiary/aromatic N) is 1. The molecule has 26 heavy (non-hydrogen) atoms. The van der Waals surface area contributed by atoms with Crippen LogP contribution in [0.15, 0.2) is 48.0 Å². The van der Waals surface area contributed by atoms with Gasteiger partial charge in [-0.1, -0.05) is 12.1 Å². The minimum absolute atomic E-state index is 0.0671. The van der Waals surface area contributed by atoms with Gasteiger partial charge in [0.2, 0.25) is 5.91 Å². The summed E-state index contributed by atoms with van der Waals surface area (Å²) in [6.07, 6.45) is -3.53. The van der Waals surface area contributed by atoms with Gasteiger partial charge in [-0.2, -0.15) is 13.2 Å². The predicted octanol–water partition coefficient (Wildman–Crippen LogP) is 3.46. The summed E-state index contributed by atoms with van der Waals surface area (Å²) < 4.78 is 38.5. The SMILES string of the molecule is O=C1C/C(=C\c2ccc(O)c(O)c2)C(=O)N1c1cccc(C(F)(F)F)c1. The average Bonchev–Trinajstić information content (AvgIpc) is 2.84. The number of amides is 2. The standard InChI is InChI=1S/C18H12F3NO4/c19-18(20,21)12-2-1-3-13(9-12)22-16(25)8-11(17(22)26)6-10-4-5-14(23)15(24)7-10/h1-7,9,23-24H,8H2/b11-6+. The third-order valence-electron chi connectivity index (χ3n) is 3.84. The van der Waals surface area contributed by atoms with E-state index in [9.17, 15) is 33.0 Å². The number of carbonyl (C=O) groups excluding carboxylic acids is 2. The summed E-state index contributed by atoms with van der Waals surface area (Å²) in [6, 6.07) is 7.81. The number of aromatic hydroxyl groups is 2. The fourth-order valence-corrected chi connectivity index (χ4v) is 2.60. The lowest BCUT2D eigenvalue weighted by Crippen LogP contribution is -2.29. The van der Waals surface area contributed by atoms with E-state index in [1.807, 2.05) is 0 Å². The molecule has 1 heterocycles. The normalized spacial score (nSPS) is 16.6. The summed E-state index contributed by atoms with van der Waals surface area (Å²) in [4.78, 5) is 25.3. The maximum absolute atomic E-state index is 12.8. The molecule has 1 aliphatic rings. The van der Waals surface area contributed by atoms with Gasteiger partial charge in [0.15, 0.2) is 11.5 Å². The van der Waals surface area contributed by atoms with Gasteiger partial charge in [-0.15, -0.1) is 0 Å². The van der Waals surface area contributed by atoms with Crippen LogP contribution in [0, 0.1) is 0 Å². The van der Waals surface area contributed by atoms with E-state index < -0.39 is 29.3 Å². The van der Waals surface area contributed by atoms with Crippen LogP contribution in [-0.4, -0.2) is 22.0 Å². The van der Waals surface area contributed by atoms with Crippen molar-refractivity contribution in [3.8, 4) is 11.5 Å². The molecule has 0 saturated carbocycles. The number of rotatable bonds is 2. The van der Waals surface area contributed by atoms with Crippen LogP contribution in [-0.2, 0) is 15.8 Å². The van der Waals surface area contributed by atoms with Crippen molar-refractivity contribution in [2.24, 2.45) is 0 Å². The molecule has 2 aromatic carbocycles. The molecule has 1 aliphatic heterocycles. The summed E-state index contributed by atoms with van der Waals surface area (Å²) in [5, 5.41) is 18.8. The average molecular weight is 363 g/mol. The van der Waals surface area contributed by atoms with E-state index in [1.54, 1.807) is 0 Å². The number of hydrogen-bond acceptors (Lipinski definition) is 4. The number of phenolic OH excluding ortho intramolecular Hbond substituents is 2. The van der Waals surface area contributed by atoms with Crippen LogP contribution in [0.2, 0.25) is 0 Å². The van der Waals surface area contributed by atoms with Gasteiger partial charge in [-0.25, -0.2) is 4.90 Å². The fraction of sp³-hybridized carbons (Fsp3) is 0.111. The van der Waals surface area contributed by atoms with Gasteiger partial charge >= 0.3 is 6.18 Å². The first-order valence-corrected chi connectivity index (χ1v) is 7.44. The highest BCUT2D eigenvalue weighted by atomic mass is 19.4. The lowest BCUT2D eigenvalue weighted by molar-refractivity contribution is -0.137. The van der Waals surface area contributed by atoms with Crippen LogP contribution < -0.4 is 4.90 Å². The number of benzene rings is 2. The second-order valence-corrected chi connectivity index (χ2v) is 5.68. The minimum Gasteiger partial charge on any atom is -0.504 e. The first kappa shape index (κ1) is 17.5. The molecular weight excluding hydrogens is 351 g/mol. The Hall–Kier alpha value is -3.29. The van der Waals surface area contributed by atoms with Crippen molar-refractivity contribution in [3.63, 3.8) is 0 Å². The van der Waals surface area contributed by atoms with Gasteiger partial charge in [0.05, 0.1) is 17.7 Å². The number of halogens is 3. The van der Waals surface area contributed by atoms with Gasteiger partial charge < -0.3 is 10.2 Å². The number of phenols is 2. The molecular formula is C18H12F3NO4. The Bertz CT molecular complexity index is 934. The Morgan fingerprint density at radius 2 is 1.73 bits per heavy atom. The molecule has 5 nitrogen and oxygen atoms in total. The number of alkyl halides is 3. The summed E-state index contributed by atoms with van der Waals surface area (Å²) in [5.41, 5.74) is -0.692. The van der Waals surface area contributed by atoms with Crippen molar-refractivity contribution in [2.45, 2.75) is 12.6 Å². The third-order valence-corrected chi connectivity index (χ3v) is 3.84. The summed E-state index contributed by atoms with van der Waals surface area (Å²) in [7, 11) is 0. The maximum Gasteiger partial charge on any atom is 0.416 e. The third kappa shape index (κ3) is 3.26. The van der Waals surface area contributed by atoms with Crippen molar-refractivity contribution in [3.05, 3.63) is 59.2 Å². The van der Waals surface area contributed by atoms with Gasteiger partial charge in [0.25, 0.3) is 5.91 Å². The van der Waals surface area contributed by atoms with E-state index in [0.29, 0.717) is 10.5 Å². The van der Waals surface area contributed by atoms with Crippen LogP contribution in [0.4, 0.5) is 18.9 Å². The van der Waals surface area contributed by atoms with E-state index in [-0.39, 0.29) is 23.4 Å².